The van der Waals surface area contributed by atoms with E-state index in [1.807, 2.05) is 0 Å². The normalized spacial score (nSPS) is 11.1. The molecule has 0 amide bonds. The van der Waals surface area contributed by atoms with Gasteiger partial charge < -0.3 is 4.74 Å². The van der Waals surface area contributed by atoms with Crippen LogP contribution in [-0.4, -0.2) is 16.6 Å². The third-order valence-electron chi connectivity index (χ3n) is 2.40. The summed E-state index contributed by atoms with van der Waals surface area (Å²) in [7, 11) is 1.83. The van der Waals surface area contributed by atoms with Gasteiger partial charge in [-0.3, -0.25) is 0 Å². The molecule has 0 spiro atoms. The molecule has 0 heterocycles. The fourth-order valence-corrected chi connectivity index (χ4v) is 2.81. The van der Waals surface area contributed by atoms with E-state index in [0.29, 0.717) is 0 Å². The molecule has 0 saturated heterocycles. The molecule has 1 aromatic rings. The molecule has 13 heavy (non-hydrogen) atoms. The molecule has 0 aliphatic heterocycles. The molecule has 0 unspecified atom stereocenters. The van der Waals surface area contributed by atoms with Crippen molar-refractivity contribution < 1.29 is 4.74 Å². The molecule has 1 rings (SSSR count). The fraction of sp³-hybridized carbons (Fsp3) is 0.455. The van der Waals surface area contributed by atoms with Crippen LogP contribution in [0.25, 0.3) is 0 Å². The molecule has 0 aromatic heterocycles. The van der Waals surface area contributed by atoms with Crippen LogP contribution in [0.3, 0.4) is 0 Å². The summed E-state index contributed by atoms with van der Waals surface area (Å²) in [6.45, 7) is 6.61. The molecular formula is C11H18OSi. The van der Waals surface area contributed by atoms with E-state index in [4.69, 9.17) is 4.74 Å². The first-order valence-electron chi connectivity index (χ1n) is 4.83. The molecular weight excluding hydrogens is 176 g/mol. The first-order chi connectivity index (χ1) is 6.20. The Morgan fingerprint density at radius 1 is 1.23 bits per heavy atom. The van der Waals surface area contributed by atoms with Crippen molar-refractivity contribution in [3.05, 3.63) is 28.8 Å². The van der Waals surface area contributed by atoms with Crippen molar-refractivity contribution in [3.8, 4) is 5.75 Å². The minimum atomic E-state index is 0.0676. The molecule has 0 N–H and O–H groups in total. The lowest BCUT2D eigenvalue weighted by Crippen LogP contribution is -2.00. The molecule has 2 heteroatoms. The van der Waals surface area contributed by atoms with Gasteiger partial charge in [0.1, 0.15) is 5.75 Å². The molecule has 1 aromatic carbocycles. The lowest BCUT2D eigenvalue weighted by molar-refractivity contribution is 0.407. The van der Waals surface area contributed by atoms with E-state index in [0.717, 1.165) is 5.75 Å². The van der Waals surface area contributed by atoms with Gasteiger partial charge >= 0.3 is 0 Å². The lowest BCUT2D eigenvalue weighted by atomic mass is 10.1. The SMILES string of the molecule is COc1c(C)ccc(C)c1C[SiH2]C. The minimum absolute atomic E-state index is 0.0676. The van der Waals surface area contributed by atoms with Crippen molar-refractivity contribution in [2.75, 3.05) is 7.11 Å². The summed E-state index contributed by atoms with van der Waals surface area (Å²) in [5.41, 5.74) is 4.05. The van der Waals surface area contributed by atoms with Gasteiger partial charge in [-0.05, 0) is 36.6 Å². The molecule has 72 valence electrons. The standard InChI is InChI=1S/C11H18OSi/c1-8-5-6-9(2)11(12-3)10(8)7-13-4/h5-6H,7,13H2,1-4H3. The topological polar surface area (TPSA) is 9.23 Å². The Balaban J connectivity index is 3.18. The maximum Gasteiger partial charge on any atom is 0.124 e. The van der Waals surface area contributed by atoms with Gasteiger partial charge in [0.25, 0.3) is 0 Å². The van der Waals surface area contributed by atoms with Gasteiger partial charge in [0.15, 0.2) is 0 Å². The van der Waals surface area contributed by atoms with Crippen LogP contribution in [0.1, 0.15) is 16.7 Å². The Hall–Kier alpha value is -0.763. The predicted molar refractivity (Wildman–Crippen MR) is 60.6 cm³/mol. The van der Waals surface area contributed by atoms with Crippen molar-refractivity contribution in [3.63, 3.8) is 0 Å². The largest absolute Gasteiger partial charge is 0.496 e. The Labute approximate surface area is 82.9 Å². The van der Waals surface area contributed by atoms with Gasteiger partial charge in [-0.25, -0.2) is 0 Å². The van der Waals surface area contributed by atoms with Crippen LogP contribution >= 0.6 is 0 Å². The van der Waals surface area contributed by atoms with Gasteiger partial charge in [0, 0.05) is 9.52 Å². The maximum absolute atomic E-state index is 5.43. The molecule has 0 fully saturated rings. The molecule has 0 bridgehead atoms. The molecule has 0 atom stereocenters. The van der Waals surface area contributed by atoms with Crippen molar-refractivity contribution >= 4 is 9.52 Å². The number of ether oxygens (including phenoxy) is 1. The second-order valence-corrected chi connectivity index (χ2v) is 4.96. The average Bonchev–Trinajstić information content (AvgIpc) is 2.12. The highest BCUT2D eigenvalue weighted by molar-refractivity contribution is 6.33. The van der Waals surface area contributed by atoms with E-state index in [1.54, 1.807) is 7.11 Å². The number of hydrogen-bond donors (Lipinski definition) is 0. The van der Waals surface area contributed by atoms with Crippen molar-refractivity contribution in [2.45, 2.75) is 26.4 Å². The van der Waals surface area contributed by atoms with E-state index >= 15 is 0 Å². The van der Waals surface area contributed by atoms with Crippen molar-refractivity contribution in [1.82, 2.24) is 0 Å². The van der Waals surface area contributed by atoms with Gasteiger partial charge in [0.2, 0.25) is 0 Å². The number of methoxy groups -OCH3 is 1. The predicted octanol–water partition coefficient (Wildman–Crippen LogP) is 2.03. The molecule has 1 nitrogen and oxygen atoms in total. The molecule has 0 aliphatic rings. The number of aryl methyl sites for hydroxylation is 2. The zero-order valence-electron chi connectivity index (χ0n) is 8.98. The van der Waals surface area contributed by atoms with Gasteiger partial charge in [-0.2, -0.15) is 0 Å². The summed E-state index contributed by atoms with van der Waals surface area (Å²) in [5.74, 6) is 1.11. The Kier molecular flexibility index (Phi) is 3.55. The lowest BCUT2D eigenvalue weighted by Gasteiger charge is -2.13. The van der Waals surface area contributed by atoms with Crippen LogP contribution < -0.4 is 4.74 Å². The van der Waals surface area contributed by atoms with Crippen LogP contribution in [-0.2, 0) is 6.04 Å². The highest BCUT2D eigenvalue weighted by atomic mass is 28.2. The number of rotatable bonds is 3. The summed E-state index contributed by atoms with van der Waals surface area (Å²) in [4.78, 5) is 0. The van der Waals surface area contributed by atoms with Crippen LogP contribution in [0.2, 0.25) is 6.55 Å². The maximum atomic E-state index is 5.43. The van der Waals surface area contributed by atoms with E-state index in [-0.39, 0.29) is 9.52 Å². The molecule has 0 saturated carbocycles. The third kappa shape index (κ3) is 2.13. The minimum Gasteiger partial charge on any atom is -0.496 e. The zero-order chi connectivity index (χ0) is 9.84. The second-order valence-electron chi connectivity index (χ2n) is 3.46. The average molecular weight is 194 g/mol. The summed E-state index contributed by atoms with van der Waals surface area (Å²) in [6, 6.07) is 5.57. The van der Waals surface area contributed by atoms with Crippen LogP contribution in [0.15, 0.2) is 12.1 Å². The van der Waals surface area contributed by atoms with Crippen LogP contribution in [0.5, 0.6) is 5.75 Å². The zero-order valence-corrected chi connectivity index (χ0v) is 10.4. The summed E-state index contributed by atoms with van der Waals surface area (Å²) in [6.07, 6.45) is 0. The van der Waals surface area contributed by atoms with Crippen molar-refractivity contribution in [2.24, 2.45) is 0 Å². The Morgan fingerprint density at radius 2 is 1.85 bits per heavy atom. The smallest absolute Gasteiger partial charge is 0.124 e. The number of benzene rings is 1. The fourth-order valence-electron chi connectivity index (χ4n) is 1.69. The van der Waals surface area contributed by atoms with E-state index in [2.05, 4.69) is 32.5 Å². The van der Waals surface area contributed by atoms with Crippen molar-refractivity contribution in [1.29, 1.82) is 0 Å². The van der Waals surface area contributed by atoms with Gasteiger partial charge in [0.05, 0.1) is 7.11 Å². The third-order valence-corrected chi connectivity index (χ3v) is 3.40. The first-order valence-corrected chi connectivity index (χ1v) is 7.25. The van der Waals surface area contributed by atoms with E-state index < -0.39 is 0 Å². The second kappa shape index (κ2) is 4.47. The summed E-state index contributed by atoms with van der Waals surface area (Å²) >= 11 is 0. The van der Waals surface area contributed by atoms with Gasteiger partial charge in [-0.1, -0.05) is 18.7 Å². The first kappa shape index (κ1) is 10.3. The van der Waals surface area contributed by atoms with Crippen LogP contribution in [0, 0.1) is 13.8 Å². The monoisotopic (exact) mass is 194 g/mol. The Bertz CT molecular complexity index is 294. The molecule has 0 radical (unpaired) electrons. The van der Waals surface area contributed by atoms with Gasteiger partial charge in [-0.15, -0.1) is 0 Å². The van der Waals surface area contributed by atoms with E-state index in [1.165, 1.54) is 22.7 Å². The summed E-state index contributed by atoms with van der Waals surface area (Å²) < 4.78 is 5.43. The van der Waals surface area contributed by atoms with Crippen LogP contribution in [0.4, 0.5) is 0 Å². The number of hydrogen-bond acceptors (Lipinski definition) is 1. The highest BCUT2D eigenvalue weighted by Crippen LogP contribution is 2.26. The van der Waals surface area contributed by atoms with E-state index in [9.17, 15) is 0 Å². The summed E-state index contributed by atoms with van der Waals surface area (Å²) in [5, 5.41) is 0. The highest BCUT2D eigenvalue weighted by Gasteiger charge is 2.07. The molecule has 0 aliphatic carbocycles. The Morgan fingerprint density at radius 3 is 2.38 bits per heavy atom. The quantitative estimate of drug-likeness (QED) is 0.669.